The second-order valence-corrected chi connectivity index (χ2v) is 6.31. The average molecular weight is 304 g/mol. The molecule has 0 amide bonds. The van der Waals surface area contributed by atoms with Crippen molar-refractivity contribution in [1.82, 2.24) is 0 Å². The van der Waals surface area contributed by atoms with Crippen LogP contribution >= 0.6 is 23.5 Å². The van der Waals surface area contributed by atoms with E-state index in [9.17, 15) is 9.59 Å². The van der Waals surface area contributed by atoms with Gasteiger partial charge in [-0.25, -0.2) is 9.59 Å². The number of aromatic carboxylic acids is 2. The summed E-state index contributed by atoms with van der Waals surface area (Å²) in [4.78, 5) is 25.6. The van der Waals surface area contributed by atoms with Gasteiger partial charge in [-0.05, 0) is 36.4 Å². The fraction of sp³-hybridized carbons (Fsp3) is 0. The van der Waals surface area contributed by atoms with Crippen molar-refractivity contribution in [1.29, 1.82) is 0 Å². The lowest BCUT2D eigenvalue weighted by Gasteiger charge is -2.18. The molecule has 0 aliphatic carbocycles. The summed E-state index contributed by atoms with van der Waals surface area (Å²) in [6, 6.07) is 9.91. The molecule has 0 saturated heterocycles. The third-order valence-electron chi connectivity index (χ3n) is 2.82. The summed E-state index contributed by atoms with van der Waals surface area (Å²) in [6.07, 6.45) is 0. The molecule has 1 heterocycles. The van der Waals surface area contributed by atoms with E-state index >= 15 is 0 Å². The van der Waals surface area contributed by atoms with Crippen LogP contribution in [0.15, 0.2) is 56.0 Å². The molecule has 3 rings (SSSR count). The Morgan fingerprint density at radius 3 is 1.45 bits per heavy atom. The molecule has 0 bridgehead atoms. The zero-order valence-corrected chi connectivity index (χ0v) is 11.6. The molecule has 2 aromatic rings. The first kappa shape index (κ1) is 13.1. The Kier molecular flexibility index (Phi) is 3.19. The van der Waals surface area contributed by atoms with Crippen LogP contribution in [-0.2, 0) is 0 Å². The smallest absolute Gasteiger partial charge is 0.335 e. The summed E-state index contributed by atoms with van der Waals surface area (Å²) in [5.74, 6) is -1.91. The van der Waals surface area contributed by atoms with E-state index in [2.05, 4.69) is 0 Å². The van der Waals surface area contributed by atoms with Crippen LogP contribution in [0.1, 0.15) is 20.7 Å². The molecule has 0 radical (unpaired) electrons. The van der Waals surface area contributed by atoms with Crippen molar-refractivity contribution in [2.24, 2.45) is 0 Å². The topological polar surface area (TPSA) is 74.6 Å². The van der Waals surface area contributed by atoms with Crippen molar-refractivity contribution in [2.45, 2.75) is 19.6 Å². The molecule has 0 spiro atoms. The van der Waals surface area contributed by atoms with E-state index in [1.165, 1.54) is 23.5 Å². The molecule has 4 nitrogen and oxygen atoms in total. The highest BCUT2D eigenvalue weighted by Gasteiger charge is 2.19. The Balaban J connectivity index is 2.02. The summed E-state index contributed by atoms with van der Waals surface area (Å²) < 4.78 is 0. The van der Waals surface area contributed by atoms with Crippen LogP contribution in [-0.4, -0.2) is 22.2 Å². The molecule has 6 heteroatoms. The fourth-order valence-electron chi connectivity index (χ4n) is 1.85. The Hall–Kier alpha value is -1.92. The van der Waals surface area contributed by atoms with Crippen molar-refractivity contribution in [3.8, 4) is 0 Å². The molecular weight excluding hydrogens is 296 g/mol. The molecule has 2 N–H and O–H groups in total. The van der Waals surface area contributed by atoms with Crippen LogP contribution in [0, 0.1) is 0 Å². The Bertz CT molecular complexity index is 676. The summed E-state index contributed by atoms with van der Waals surface area (Å²) in [5.41, 5.74) is 0.505. The maximum atomic E-state index is 11.0. The zero-order valence-electron chi connectivity index (χ0n) is 9.99. The van der Waals surface area contributed by atoms with Crippen LogP contribution in [0.3, 0.4) is 0 Å². The van der Waals surface area contributed by atoms with Gasteiger partial charge in [-0.3, -0.25) is 0 Å². The monoisotopic (exact) mass is 304 g/mol. The molecule has 0 saturated carbocycles. The first-order chi connectivity index (χ1) is 9.54. The summed E-state index contributed by atoms with van der Waals surface area (Å²) >= 11 is 2.91. The summed E-state index contributed by atoms with van der Waals surface area (Å²) in [5, 5.41) is 18.0. The van der Waals surface area contributed by atoms with E-state index in [1.807, 2.05) is 0 Å². The van der Waals surface area contributed by atoms with E-state index < -0.39 is 11.9 Å². The third kappa shape index (κ3) is 2.28. The van der Waals surface area contributed by atoms with Crippen molar-refractivity contribution in [3.05, 3.63) is 47.5 Å². The van der Waals surface area contributed by atoms with Gasteiger partial charge in [-0.1, -0.05) is 23.5 Å². The van der Waals surface area contributed by atoms with Crippen LogP contribution in [0.5, 0.6) is 0 Å². The van der Waals surface area contributed by atoms with E-state index in [-0.39, 0.29) is 11.1 Å². The van der Waals surface area contributed by atoms with Crippen LogP contribution in [0.25, 0.3) is 0 Å². The van der Waals surface area contributed by atoms with Gasteiger partial charge in [-0.15, -0.1) is 0 Å². The van der Waals surface area contributed by atoms with Gasteiger partial charge >= 0.3 is 11.9 Å². The van der Waals surface area contributed by atoms with Gasteiger partial charge in [0, 0.05) is 19.6 Å². The first-order valence-corrected chi connectivity index (χ1v) is 7.28. The SMILES string of the molecule is O=C(O)c1ccc2c(c1)Sc1ccc(C(=O)O)cc1S2. The Labute approximate surface area is 122 Å². The van der Waals surface area contributed by atoms with Gasteiger partial charge in [0.25, 0.3) is 0 Å². The minimum Gasteiger partial charge on any atom is -0.478 e. The van der Waals surface area contributed by atoms with Gasteiger partial charge < -0.3 is 10.2 Å². The minimum absolute atomic E-state index is 0.252. The second-order valence-electron chi connectivity index (χ2n) is 4.14. The normalized spacial score (nSPS) is 12.4. The van der Waals surface area contributed by atoms with E-state index in [4.69, 9.17) is 10.2 Å². The molecule has 1 aliphatic rings. The van der Waals surface area contributed by atoms with Crippen LogP contribution in [0.2, 0.25) is 0 Å². The van der Waals surface area contributed by atoms with Gasteiger partial charge in [0.15, 0.2) is 0 Å². The number of benzene rings is 2. The predicted molar refractivity (Wildman–Crippen MR) is 75.0 cm³/mol. The molecule has 20 heavy (non-hydrogen) atoms. The first-order valence-electron chi connectivity index (χ1n) is 5.65. The molecule has 100 valence electrons. The summed E-state index contributed by atoms with van der Waals surface area (Å²) in [7, 11) is 0. The maximum absolute atomic E-state index is 11.0. The largest absolute Gasteiger partial charge is 0.478 e. The number of carboxylic acid groups (broad SMARTS) is 2. The lowest BCUT2D eigenvalue weighted by atomic mass is 10.2. The molecule has 1 aliphatic heterocycles. The highest BCUT2D eigenvalue weighted by atomic mass is 32.2. The standard InChI is InChI=1S/C14H8O4S2/c15-13(16)7-1-3-9-11(5-7)20-10-4-2-8(14(17)18)6-12(10)19-9/h1-6H,(H,15,16)(H,17,18). The lowest BCUT2D eigenvalue weighted by Crippen LogP contribution is -2.00. The van der Waals surface area contributed by atoms with Crippen molar-refractivity contribution in [3.63, 3.8) is 0 Å². The minimum atomic E-state index is -0.953. The number of carbonyl (C=O) groups is 2. The molecular formula is C14H8O4S2. The summed E-state index contributed by atoms with van der Waals surface area (Å²) in [6.45, 7) is 0. The van der Waals surface area contributed by atoms with Gasteiger partial charge in [0.05, 0.1) is 11.1 Å². The molecule has 0 atom stereocenters. The van der Waals surface area contributed by atoms with Gasteiger partial charge in [-0.2, -0.15) is 0 Å². The van der Waals surface area contributed by atoms with Crippen molar-refractivity contribution < 1.29 is 19.8 Å². The number of carboxylic acids is 2. The van der Waals surface area contributed by atoms with Gasteiger partial charge in [0.1, 0.15) is 0 Å². The number of hydrogen-bond donors (Lipinski definition) is 2. The maximum Gasteiger partial charge on any atom is 0.335 e. The van der Waals surface area contributed by atoms with Gasteiger partial charge in [0.2, 0.25) is 0 Å². The van der Waals surface area contributed by atoms with Crippen molar-refractivity contribution >= 4 is 35.5 Å². The molecule has 2 aromatic carbocycles. The quantitative estimate of drug-likeness (QED) is 0.752. The van der Waals surface area contributed by atoms with Crippen molar-refractivity contribution in [2.75, 3.05) is 0 Å². The lowest BCUT2D eigenvalue weighted by molar-refractivity contribution is 0.0685. The second kappa shape index (κ2) is 4.88. The Morgan fingerprint density at radius 1 is 0.700 bits per heavy atom. The Morgan fingerprint density at radius 2 is 1.10 bits per heavy atom. The average Bonchev–Trinajstić information content (AvgIpc) is 2.43. The van der Waals surface area contributed by atoms with E-state index in [0.717, 1.165) is 19.6 Å². The molecule has 0 aromatic heterocycles. The number of rotatable bonds is 2. The zero-order chi connectivity index (χ0) is 14.3. The highest BCUT2D eigenvalue weighted by molar-refractivity contribution is 8.05. The molecule has 0 unspecified atom stereocenters. The highest BCUT2D eigenvalue weighted by Crippen LogP contribution is 2.48. The third-order valence-corrected chi connectivity index (χ3v) is 5.35. The van der Waals surface area contributed by atoms with Crippen LogP contribution in [0.4, 0.5) is 0 Å². The predicted octanol–water partition coefficient (Wildman–Crippen LogP) is 3.70. The van der Waals surface area contributed by atoms with Crippen LogP contribution < -0.4 is 0 Å². The fourth-order valence-corrected chi connectivity index (χ4v) is 4.12. The number of hydrogen-bond acceptors (Lipinski definition) is 4. The number of fused-ring (bicyclic) bond motifs is 2. The molecule has 0 fully saturated rings. The van der Waals surface area contributed by atoms with E-state index in [0.29, 0.717) is 0 Å². The van der Waals surface area contributed by atoms with E-state index in [1.54, 1.807) is 36.4 Å².